The summed E-state index contributed by atoms with van der Waals surface area (Å²) in [6.45, 7) is 4.83. The molecule has 6 heteroatoms. The zero-order valence-corrected chi connectivity index (χ0v) is 38.8. The van der Waals surface area contributed by atoms with Crippen molar-refractivity contribution in [3.63, 3.8) is 0 Å². The molecule has 3 N–H and O–H groups in total. The van der Waals surface area contributed by atoms with Crippen LogP contribution in [0.2, 0.25) is 0 Å². The minimum absolute atomic E-state index is 0.0464. The van der Waals surface area contributed by atoms with Crippen LogP contribution in [0.15, 0.2) is 24.3 Å². The fourth-order valence-electron chi connectivity index (χ4n) is 7.74. The molecule has 6 nitrogen and oxygen atoms in total. The van der Waals surface area contributed by atoms with Crippen molar-refractivity contribution in [2.75, 3.05) is 13.2 Å². The zero-order chi connectivity index (χ0) is 42.3. The van der Waals surface area contributed by atoms with Crippen molar-refractivity contribution in [2.45, 2.75) is 283 Å². The molecule has 58 heavy (non-hydrogen) atoms. The molecular weight excluding hydrogens is 719 g/mol. The van der Waals surface area contributed by atoms with Crippen molar-refractivity contribution in [3.05, 3.63) is 24.3 Å². The minimum atomic E-state index is -0.696. The van der Waals surface area contributed by atoms with Gasteiger partial charge in [-0.2, -0.15) is 0 Å². The zero-order valence-electron chi connectivity index (χ0n) is 38.8. The second-order valence-corrected chi connectivity index (χ2v) is 17.5. The third-order valence-corrected chi connectivity index (χ3v) is 11.7. The highest BCUT2D eigenvalue weighted by Crippen LogP contribution is 2.16. The Hall–Kier alpha value is -1.66. The lowest BCUT2D eigenvalue weighted by molar-refractivity contribution is -0.143. The molecule has 0 aromatic rings. The van der Waals surface area contributed by atoms with Crippen LogP contribution in [-0.4, -0.2) is 47.4 Å². The second kappa shape index (κ2) is 48.0. The fourth-order valence-corrected chi connectivity index (χ4v) is 7.74. The van der Waals surface area contributed by atoms with Crippen LogP contribution >= 0.6 is 0 Å². The molecule has 0 aromatic heterocycles. The van der Waals surface area contributed by atoms with Gasteiger partial charge in [-0.15, -0.1) is 0 Å². The average Bonchev–Trinajstić information content (AvgIpc) is 3.22. The van der Waals surface area contributed by atoms with E-state index in [2.05, 4.69) is 43.5 Å². The summed E-state index contributed by atoms with van der Waals surface area (Å²) in [6, 6.07) is -0.579. The second-order valence-electron chi connectivity index (χ2n) is 17.5. The molecule has 0 saturated carbocycles. The van der Waals surface area contributed by atoms with E-state index in [4.69, 9.17) is 4.74 Å². The van der Waals surface area contributed by atoms with Gasteiger partial charge in [-0.1, -0.05) is 218 Å². The van der Waals surface area contributed by atoms with Crippen LogP contribution in [0.25, 0.3) is 0 Å². The van der Waals surface area contributed by atoms with Gasteiger partial charge in [0.2, 0.25) is 5.91 Å². The van der Waals surface area contributed by atoms with Crippen molar-refractivity contribution in [3.8, 4) is 0 Å². The first-order valence-corrected chi connectivity index (χ1v) is 25.6. The number of esters is 1. The van der Waals surface area contributed by atoms with Crippen molar-refractivity contribution in [1.82, 2.24) is 5.32 Å². The Bertz CT molecular complexity index is 904. The molecule has 0 spiro atoms. The molecule has 1 amide bonds. The number of amides is 1. The molecule has 0 bridgehead atoms. The number of hydrogen-bond acceptors (Lipinski definition) is 5. The maximum Gasteiger partial charge on any atom is 0.305 e. The van der Waals surface area contributed by atoms with Gasteiger partial charge in [0.25, 0.3) is 0 Å². The van der Waals surface area contributed by atoms with Gasteiger partial charge in [0.1, 0.15) is 0 Å². The van der Waals surface area contributed by atoms with Gasteiger partial charge in [-0.25, -0.2) is 0 Å². The monoisotopic (exact) mass is 818 g/mol. The van der Waals surface area contributed by atoms with Gasteiger partial charge in [0.05, 0.1) is 25.4 Å². The van der Waals surface area contributed by atoms with Crippen LogP contribution in [0.3, 0.4) is 0 Å². The molecular formula is C52H99NO5. The van der Waals surface area contributed by atoms with E-state index >= 15 is 0 Å². The number of allylic oxidation sites excluding steroid dienone is 4. The number of ether oxygens (including phenoxy) is 1. The number of nitrogens with one attached hydrogen (secondary N) is 1. The molecule has 0 rings (SSSR count). The summed E-state index contributed by atoms with van der Waals surface area (Å²) in [5, 5.41) is 23.2. The molecule has 0 aliphatic rings. The first-order chi connectivity index (χ1) is 28.5. The van der Waals surface area contributed by atoms with Crippen LogP contribution in [0.5, 0.6) is 0 Å². The van der Waals surface area contributed by atoms with Gasteiger partial charge in [-0.3, -0.25) is 9.59 Å². The molecule has 2 atom stereocenters. The summed E-state index contributed by atoms with van der Waals surface area (Å²) in [7, 11) is 0. The molecule has 2 unspecified atom stereocenters. The lowest BCUT2D eigenvalue weighted by Gasteiger charge is -2.22. The van der Waals surface area contributed by atoms with Gasteiger partial charge < -0.3 is 20.3 Å². The van der Waals surface area contributed by atoms with E-state index in [9.17, 15) is 19.8 Å². The average molecular weight is 818 g/mol. The summed E-state index contributed by atoms with van der Waals surface area (Å²) in [5.74, 6) is -0.141. The number of unbranched alkanes of at least 4 members (excludes halogenated alkanes) is 32. The molecule has 0 saturated heterocycles. The minimum Gasteiger partial charge on any atom is -0.466 e. The third-order valence-electron chi connectivity index (χ3n) is 11.7. The van der Waals surface area contributed by atoms with Crippen LogP contribution in [0.1, 0.15) is 271 Å². The van der Waals surface area contributed by atoms with Gasteiger partial charge in [0, 0.05) is 12.8 Å². The quantitative estimate of drug-likeness (QED) is 0.0323. The maximum absolute atomic E-state index is 12.4. The van der Waals surface area contributed by atoms with Crippen molar-refractivity contribution < 1.29 is 24.5 Å². The van der Waals surface area contributed by atoms with E-state index < -0.39 is 12.1 Å². The predicted molar refractivity (Wildman–Crippen MR) is 250 cm³/mol. The highest BCUT2D eigenvalue weighted by molar-refractivity contribution is 5.76. The van der Waals surface area contributed by atoms with Crippen LogP contribution in [0, 0.1) is 0 Å². The smallest absolute Gasteiger partial charge is 0.305 e. The van der Waals surface area contributed by atoms with Crippen molar-refractivity contribution >= 4 is 11.9 Å². The number of aliphatic hydroxyl groups excluding tert-OH is 2. The summed E-state index contributed by atoms with van der Waals surface area (Å²) in [5.41, 5.74) is 0. The van der Waals surface area contributed by atoms with E-state index in [0.717, 1.165) is 70.6 Å². The largest absolute Gasteiger partial charge is 0.466 e. The molecule has 0 heterocycles. The number of carbonyl (C=O) groups excluding carboxylic acids is 2. The molecule has 0 radical (unpaired) electrons. The van der Waals surface area contributed by atoms with E-state index in [1.54, 1.807) is 0 Å². The topological polar surface area (TPSA) is 95.9 Å². The Morgan fingerprint density at radius 2 is 0.845 bits per heavy atom. The molecule has 0 aromatic carbocycles. The summed E-state index contributed by atoms with van der Waals surface area (Å²) in [4.78, 5) is 24.4. The predicted octanol–water partition coefficient (Wildman–Crippen LogP) is 15.1. The van der Waals surface area contributed by atoms with Gasteiger partial charge >= 0.3 is 5.97 Å². The van der Waals surface area contributed by atoms with E-state index in [-0.39, 0.29) is 18.5 Å². The summed E-state index contributed by atoms with van der Waals surface area (Å²) in [6.07, 6.45) is 55.9. The Labute approximate surface area is 361 Å². The van der Waals surface area contributed by atoms with E-state index in [0.29, 0.717) is 25.9 Å². The summed E-state index contributed by atoms with van der Waals surface area (Å²) < 4.78 is 5.41. The van der Waals surface area contributed by atoms with Gasteiger partial charge in [-0.05, 0) is 64.2 Å². The first kappa shape index (κ1) is 56.3. The molecule has 342 valence electrons. The van der Waals surface area contributed by atoms with Crippen molar-refractivity contribution in [2.24, 2.45) is 0 Å². The number of aliphatic hydroxyl groups is 2. The van der Waals surface area contributed by atoms with E-state index in [1.165, 1.54) is 167 Å². The maximum atomic E-state index is 12.4. The molecule has 0 fully saturated rings. The van der Waals surface area contributed by atoms with E-state index in [1.807, 2.05) is 0 Å². The first-order valence-electron chi connectivity index (χ1n) is 25.6. The highest BCUT2D eigenvalue weighted by atomic mass is 16.5. The van der Waals surface area contributed by atoms with Crippen LogP contribution < -0.4 is 5.32 Å². The highest BCUT2D eigenvalue weighted by Gasteiger charge is 2.20. The lowest BCUT2D eigenvalue weighted by atomic mass is 10.0. The number of carbonyl (C=O) groups is 2. The Morgan fingerprint density at radius 3 is 1.31 bits per heavy atom. The fraction of sp³-hybridized carbons (Fsp3) is 0.885. The van der Waals surface area contributed by atoms with Crippen LogP contribution in [-0.2, 0) is 14.3 Å². The molecule has 0 aliphatic heterocycles. The van der Waals surface area contributed by atoms with Crippen LogP contribution in [0.4, 0.5) is 0 Å². The summed E-state index contributed by atoms with van der Waals surface area (Å²) >= 11 is 0. The molecule has 0 aliphatic carbocycles. The SMILES string of the molecule is CCCC/C=C\CCCCCCCC(=O)OCCCCCC/C=C\CCCC(=O)NC(CO)C(O)CCCCCCCCCCCCCCCCCCCCCCC. The standard InChI is InChI=1S/C52H99NO5/c1-3-5-7-9-11-13-15-16-17-18-19-20-21-22-23-24-26-28-32-36-40-44-50(55)49(48-54)53-51(56)45-41-37-33-29-27-31-35-39-43-47-58-52(57)46-42-38-34-30-25-14-12-10-8-6-4-2/h10,12,29,33,49-50,54-55H,3-9,11,13-28,30-32,34-48H2,1-2H3,(H,53,56)/b12-10-,33-29-. The normalized spacial score (nSPS) is 12.8. The number of hydrogen-bond donors (Lipinski definition) is 3. The third kappa shape index (κ3) is 43.9. The Morgan fingerprint density at radius 1 is 0.466 bits per heavy atom. The lowest BCUT2D eigenvalue weighted by Crippen LogP contribution is -2.45. The Balaban J connectivity index is 3.54. The Kier molecular flexibility index (Phi) is 46.6. The van der Waals surface area contributed by atoms with Gasteiger partial charge in [0.15, 0.2) is 0 Å². The number of rotatable bonds is 47. The van der Waals surface area contributed by atoms with Crippen molar-refractivity contribution in [1.29, 1.82) is 0 Å².